The summed E-state index contributed by atoms with van der Waals surface area (Å²) >= 11 is 0. The molecule has 1 saturated carbocycles. The zero-order valence-corrected chi connectivity index (χ0v) is 14.3. The van der Waals surface area contributed by atoms with E-state index in [1.807, 2.05) is 0 Å². The SMILES string of the molecule is CC(C)C1CCC(N)C(N2CC3CCCCN3CC2C)C1. The average molecular weight is 293 g/mol. The van der Waals surface area contributed by atoms with Gasteiger partial charge in [-0.05, 0) is 57.4 Å². The largest absolute Gasteiger partial charge is 0.326 e. The third-order valence-electron chi connectivity index (χ3n) is 6.51. The van der Waals surface area contributed by atoms with Crippen molar-refractivity contribution in [1.82, 2.24) is 9.80 Å². The van der Waals surface area contributed by atoms with Crippen LogP contribution >= 0.6 is 0 Å². The van der Waals surface area contributed by atoms with Crippen LogP contribution in [0.5, 0.6) is 0 Å². The van der Waals surface area contributed by atoms with Gasteiger partial charge in [-0.2, -0.15) is 0 Å². The Hall–Kier alpha value is -0.120. The van der Waals surface area contributed by atoms with Crippen LogP contribution in [0.3, 0.4) is 0 Å². The highest BCUT2D eigenvalue weighted by atomic mass is 15.3. The fourth-order valence-corrected chi connectivity index (χ4v) is 5.03. The van der Waals surface area contributed by atoms with E-state index in [1.54, 1.807) is 0 Å². The molecule has 21 heavy (non-hydrogen) atoms. The Morgan fingerprint density at radius 1 is 1.05 bits per heavy atom. The van der Waals surface area contributed by atoms with Crippen molar-refractivity contribution in [2.75, 3.05) is 19.6 Å². The highest BCUT2D eigenvalue weighted by molar-refractivity contribution is 4.97. The first-order valence-electron chi connectivity index (χ1n) is 9.31. The molecule has 2 N–H and O–H groups in total. The number of nitrogens with two attached hydrogens (primary N) is 1. The van der Waals surface area contributed by atoms with Crippen molar-refractivity contribution in [3.8, 4) is 0 Å². The van der Waals surface area contributed by atoms with E-state index in [4.69, 9.17) is 5.73 Å². The molecule has 0 bridgehead atoms. The van der Waals surface area contributed by atoms with Crippen LogP contribution in [0.15, 0.2) is 0 Å². The van der Waals surface area contributed by atoms with Gasteiger partial charge >= 0.3 is 0 Å². The van der Waals surface area contributed by atoms with Gasteiger partial charge < -0.3 is 5.73 Å². The summed E-state index contributed by atoms with van der Waals surface area (Å²) in [4.78, 5) is 5.55. The molecule has 0 aromatic heterocycles. The van der Waals surface area contributed by atoms with E-state index in [2.05, 4.69) is 30.6 Å². The molecule has 2 saturated heterocycles. The van der Waals surface area contributed by atoms with Crippen molar-refractivity contribution in [1.29, 1.82) is 0 Å². The summed E-state index contributed by atoms with van der Waals surface area (Å²) in [5.74, 6) is 1.69. The maximum absolute atomic E-state index is 6.55. The molecule has 3 aliphatic rings. The summed E-state index contributed by atoms with van der Waals surface area (Å²) in [6, 6.07) is 2.52. The zero-order valence-electron chi connectivity index (χ0n) is 14.3. The Bertz CT molecular complexity index is 343. The minimum absolute atomic E-state index is 0.401. The molecule has 3 nitrogen and oxygen atoms in total. The quantitative estimate of drug-likeness (QED) is 0.849. The molecule has 3 rings (SSSR count). The number of hydrogen-bond acceptors (Lipinski definition) is 3. The molecule has 2 heterocycles. The van der Waals surface area contributed by atoms with Gasteiger partial charge in [0.1, 0.15) is 0 Å². The Balaban J connectivity index is 1.68. The van der Waals surface area contributed by atoms with Gasteiger partial charge in [0.15, 0.2) is 0 Å². The molecule has 5 unspecified atom stereocenters. The summed E-state index contributed by atoms with van der Waals surface area (Å²) in [6.45, 7) is 11.1. The molecule has 0 aromatic rings. The van der Waals surface area contributed by atoms with Crippen molar-refractivity contribution in [3.05, 3.63) is 0 Å². The highest BCUT2D eigenvalue weighted by Gasteiger charge is 2.40. The fraction of sp³-hybridized carbons (Fsp3) is 1.00. The third kappa shape index (κ3) is 3.30. The molecular formula is C18H35N3. The lowest BCUT2D eigenvalue weighted by Crippen LogP contribution is -2.64. The van der Waals surface area contributed by atoms with Gasteiger partial charge in [-0.15, -0.1) is 0 Å². The second kappa shape index (κ2) is 6.55. The lowest BCUT2D eigenvalue weighted by Gasteiger charge is -2.53. The van der Waals surface area contributed by atoms with Crippen LogP contribution in [0.2, 0.25) is 0 Å². The molecule has 5 atom stereocenters. The first-order valence-corrected chi connectivity index (χ1v) is 9.31. The summed E-state index contributed by atoms with van der Waals surface area (Å²) in [5, 5.41) is 0. The molecule has 1 aliphatic carbocycles. The smallest absolute Gasteiger partial charge is 0.0253 e. The van der Waals surface area contributed by atoms with Crippen molar-refractivity contribution in [3.63, 3.8) is 0 Å². The topological polar surface area (TPSA) is 32.5 Å². The Morgan fingerprint density at radius 3 is 2.62 bits per heavy atom. The van der Waals surface area contributed by atoms with Crippen molar-refractivity contribution >= 4 is 0 Å². The van der Waals surface area contributed by atoms with Gasteiger partial charge in [0.05, 0.1) is 0 Å². The van der Waals surface area contributed by atoms with Crippen LogP contribution < -0.4 is 5.73 Å². The second-order valence-corrected chi connectivity index (χ2v) is 8.24. The Kier molecular flexibility index (Phi) is 4.92. The third-order valence-corrected chi connectivity index (χ3v) is 6.51. The van der Waals surface area contributed by atoms with Crippen LogP contribution in [0.4, 0.5) is 0 Å². The van der Waals surface area contributed by atoms with E-state index in [9.17, 15) is 0 Å². The van der Waals surface area contributed by atoms with E-state index in [-0.39, 0.29) is 0 Å². The van der Waals surface area contributed by atoms with Crippen LogP contribution in [-0.4, -0.2) is 53.6 Å². The summed E-state index contributed by atoms with van der Waals surface area (Å²) in [6.07, 6.45) is 8.13. The van der Waals surface area contributed by atoms with Crippen LogP contribution in [-0.2, 0) is 0 Å². The van der Waals surface area contributed by atoms with Crippen LogP contribution in [0, 0.1) is 11.8 Å². The molecule has 3 fully saturated rings. The molecule has 0 spiro atoms. The number of hydrogen-bond donors (Lipinski definition) is 1. The van der Waals surface area contributed by atoms with E-state index in [1.165, 1.54) is 58.2 Å². The molecular weight excluding hydrogens is 258 g/mol. The average Bonchev–Trinajstić information content (AvgIpc) is 2.47. The van der Waals surface area contributed by atoms with Gasteiger partial charge in [0, 0.05) is 37.3 Å². The van der Waals surface area contributed by atoms with Crippen molar-refractivity contribution < 1.29 is 0 Å². The normalized spacial score (nSPS) is 43.0. The minimum atomic E-state index is 0.401. The Morgan fingerprint density at radius 2 is 1.86 bits per heavy atom. The van der Waals surface area contributed by atoms with Gasteiger partial charge in [0.2, 0.25) is 0 Å². The molecule has 0 aromatic carbocycles. The second-order valence-electron chi connectivity index (χ2n) is 8.24. The first-order chi connectivity index (χ1) is 10.1. The number of rotatable bonds is 2. The lowest BCUT2D eigenvalue weighted by molar-refractivity contribution is -0.0292. The van der Waals surface area contributed by atoms with E-state index < -0.39 is 0 Å². The monoisotopic (exact) mass is 293 g/mol. The van der Waals surface area contributed by atoms with Crippen molar-refractivity contribution in [2.45, 2.75) is 83.5 Å². The van der Waals surface area contributed by atoms with Crippen LogP contribution in [0.25, 0.3) is 0 Å². The number of fused-ring (bicyclic) bond motifs is 1. The van der Waals surface area contributed by atoms with E-state index in [0.29, 0.717) is 18.1 Å². The molecule has 0 radical (unpaired) electrons. The zero-order chi connectivity index (χ0) is 15.0. The van der Waals surface area contributed by atoms with Crippen LogP contribution in [0.1, 0.15) is 59.3 Å². The molecule has 0 amide bonds. The van der Waals surface area contributed by atoms with Gasteiger partial charge in [-0.1, -0.05) is 20.3 Å². The van der Waals surface area contributed by atoms with E-state index in [0.717, 1.165) is 17.9 Å². The van der Waals surface area contributed by atoms with Gasteiger partial charge in [-0.3, -0.25) is 9.80 Å². The highest BCUT2D eigenvalue weighted by Crippen LogP contribution is 2.35. The predicted octanol–water partition coefficient (Wildman–Crippen LogP) is 2.70. The molecule has 2 aliphatic heterocycles. The predicted molar refractivity (Wildman–Crippen MR) is 89.3 cm³/mol. The maximum atomic E-state index is 6.55. The maximum Gasteiger partial charge on any atom is 0.0253 e. The summed E-state index contributed by atoms with van der Waals surface area (Å²) in [7, 11) is 0. The van der Waals surface area contributed by atoms with Gasteiger partial charge in [-0.25, -0.2) is 0 Å². The number of nitrogens with zero attached hydrogens (tertiary/aromatic N) is 2. The van der Waals surface area contributed by atoms with E-state index >= 15 is 0 Å². The Labute approximate surface area is 131 Å². The van der Waals surface area contributed by atoms with Gasteiger partial charge in [0.25, 0.3) is 0 Å². The molecule has 3 heteroatoms. The number of piperazine rings is 1. The standard InChI is InChI=1S/C18H35N3/c1-13(2)15-7-8-17(19)18(10-15)21-12-16-6-4-5-9-20(16)11-14(21)3/h13-18H,4-12,19H2,1-3H3. The molecule has 122 valence electrons. The summed E-state index contributed by atoms with van der Waals surface area (Å²) in [5.41, 5.74) is 6.55. The minimum Gasteiger partial charge on any atom is -0.326 e. The fourth-order valence-electron chi connectivity index (χ4n) is 5.03. The lowest BCUT2D eigenvalue weighted by atomic mass is 9.76. The summed E-state index contributed by atoms with van der Waals surface area (Å²) < 4.78 is 0. The first kappa shape index (κ1) is 15.8. The van der Waals surface area contributed by atoms with Crippen molar-refractivity contribution in [2.24, 2.45) is 17.6 Å². The number of piperidine rings is 1.